The zero-order valence-electron chi connectivity index (χ0n) is 19.2. The first-order chi connectivity index (χ1) is 15.5. The fraction of sp³-hybridized carbons (Fsp3) is 0.400. The maximum absolute atomic E-state index is 12.7. The number of ether oxygens (including phenoxy) is 2. The maximum atomic E-state index is 12.7. The third kappa shape index (κ3) is 4.33. The lowest BCUT2D eigenvalue weighted by atomic mass is 9.96. The summed E-state index contributed by atoms with van der Waals surface area (Å²) in [5.74, 6) is 0.342. The van der Waals surface area contributed by atoms with Gasteiger partial charge in [0.15, 0.2) is 5.69 Å². The predicted molar refractivity (Wildman–Crippen MR) is 124 cm³/mol. The van der Waals surface area contributed by atoms with Crippen LogP contribution in [0.2, 0.25) is 0 Å². The molecule has 0 unspecified atom stereocenters. The van der Waals surface area contributed by atoms with E-state index in [2.05, 4.69) is 47.3 Å². The molecule has 0 saturated carbocycles. The second-order valence-corrected chi connectivity index (χ2v) is 8.25. The molecule has 2 heterocycles. The number of rotatable bonds is 7. The minimum absolute atomic E-state index is 0.247. The van der Waals surface area contributed by atoms with E-state index in [0.717, 1.165) is 36.3 Å². The summed E-state index contributed by atoms with van der Waals surface area (Å²) >= 11 is 0. The van der Waals surface area contributed by atoms with Gasteiger partial charge in [-0.15, -0.1) is 5.10 Å². The van der Waals surface area contributed by atoms with Crippen LogP contribution in [0.5, 0.6) is 5.75 Å². The third-order valence-corrected chi connectivity index (χ3v) is 5.83. The van der Waals surface area contributed by atoms with Crippen molar-refractivity contribution in [1.82, 2.24) is 15.0 Å². The molecule has 32 heavy (non-hydrogen) atoms. The number of nitrogens with zero attached hydrogens (tertiary/aromatic N) is 4. The summed E-state index contributed by atoms with van der Waals surface area (Å²) in [6, 6.07) is 14.6. The summed E-state index contributed by atoms with van der Waals surface area (Å²) < 4.78 is 12.3. The fourth-order valence-corrected chi connectivity index (χ4v) is 4.26. The van der Waals surface area contributed by atoms with E-state index < -0.39 is 5.97 Å². The molecule has 0 fully saturated rings. The molecule has 0 N–H and O–H groups in total. The normalized spacial score (nSPS) is 13.2. The first kappa shape index (κ1) is 21.9. The van der Waals surface area contributed by atoms with Crippen molar-refractivity contribution in [3.63, 3.8) is 0 Å². The zero-order valence-corrected chi connectivity index (χ0v) is 19.2. The van der Waals surface area contributed by atoms with E-state index in [-0.39, 0.29) is 12.3 Å². The molecule has 0 bridgehead atoms. The monoisotopic (exact) mass is 434 g/mol. The summed E-state index contributed by atoms with van der Waals surface area (Å²) in [6.07, 6.45) is 2.13. The van der Waals surface area contributed by atoms with Crippen LogP contribution in [0.25, 0.3) is 11.3 Å². The van der Waals surface area contributed by atoms with Crippen LogP contribution in [0.15, 0.2) is 42.5 Å². The van der Waals surface area contributed by atoms with Gasteiger partial charge >= 0.3 is 5.97 Å². The summed E-state index contributed by atoms with van der Waals surface area (Å²) in [4.78, 5) is 15.1. The van der Waals surface area contributed by atoms with Crippen LogP contribution >= 0.6 is 0 Å². The summed E-state index contributed by atoms with van der Waals surface area (Å²) in [5, 5.41) is 8.51. The number of carbonyl (C=O) groups excluding carboxylic acids is 1. The molecule has 0 saturated heterocycles. The van der Waals surface area contributed by atoms with Gasteiger partial charge in [-0.3, -0.25) is 0 Å². The van der Waals surface area contributed by atoms with Crippen molar-refractivity contribution in [3.05, 3.63) is 59.3 Å². The van der Waals surface area contributed by atoms with Gasteiger partial charge in [-0.2, -0.15) is 0 Å². The van der Waals surface area contributed by atoms with Gasteiger partial charge in [0.2, 0.25) is 0 Å². The Morgan fingerprint density at radius 1 is 1.16 bits per heavy atom. The van der Waals surface area contributed by atoms with Crippen molar-refractivity contribution in [2.24, 2.45) is 0 Å². The molecule has 0 atom stereocenters. The average molecular weight is 435 g/mol. The van der Waals surface area contributed by atoms with Crippen molar-refractivity contribution in [2.45, 2.75) is 46.2 Å². The lowest BCUT2D eigenvalue weighted by molar-refractivity contribution is 0.0520. The first-order valence-electron chi connectivity index (χ1n) is 11.1. The molecule has 0 amide bonds. The van der Waals surface area contributed by atoms with E-state index in [1.807, 2.05) is 24.3 Å². The van der Waals surface area contributed by atoms with Gasteiger partial charge in [0.25, 0.3) is 0 Å². The van der Waals surface area contributed by atoms with Crippen molar-refractivity contribution in [3.8, 4) is 17.0 Å². The van der Waals surface area contributed by atoms with E-state index >= 15 is 0 Å². The van der Waals surface area contributed by atoms with Crippen LogP contribution in [0.3, 0.4) is 0 Å². The molecule has 1 aromatic heterocycles. The van der Waals surface area contributed by atoms with E-state index in [9.17, 15) is 4.79 Å². The number of aryl methyl sites for hydroxylation is 1. The minimum atomic E-state index is -0.454. The second kappa shape index (κ2) is 9.42. The number of esters is 1. The van der Waals surface area contributed by atoms with Crippen LogP contribution in [-0.2, 0) is 17.7 Å². The van der Waals surface area contributed by atoms with Gasteiger partial charge < -0.3 is 14.4 Å². The van der Waals surface area contributed by atoms with Crippen LogP contribution in [-0.4, -0.2) is 47.3 Å². The lowest BCUT2D eigenvalue weighted by Gasteiger charge is -2.35. The minimum Gasteiger partial charge on any atom is -0.497 e. The number of methoxy groups -OCH3 is 1. The van der Waals surface area contributed by atoms with Gasteiger partial charge in [-0.1, -0.05) is 23.4 Å². The van der Waals surface area contributed by atoms with Gasteiger partial charge in [0, 0.05) is 23.8 Å². The number of benzene rings is 2. The Hall–Kier alpha value is -3.35. The number of fused-ring (bicyclic) bond motifs is 1. The standard InChI is InChI=1S/C25H30N4O3/c1-5-32-25(30)23-24(29(27-26-23)16-18-8-11-21(31-4)12-9-18)20-10-13-22-19(15-20)7-6-14-28(22)17(2)3/h8-13,15,17H,5-7,14,16H2,1-4H3. The largest absolute Gasteiger partial charge is 0.497 e. The van der Waals surface area contributed by atoms with Gasteiger partial charge in [0.1, 0.15) is 11.4 Å². The molecule has 7 nitrogen and oxygen atoms in total. The Balaban J connectivity index is 1.75. The number of hydrogen-bond donors (Lipinski definition) is 0. The molecule has 0 spiro atoms. The predicted octanol–water partition coefficient (Wildman–Crippen LogP) is 4.34. The summed E-state index contributed by atoms with van der Waals surface area (Å²) in [7, 11) is 1.65. The molecule has 168 valence electrons. The molecule has 1 aliphatic heterocycles. The molecule has 4 rings (SSSR count). The zero-order chi connectivity index (χ0) is 22.7. The molecule has 0 radical (unpaired) electrons. The van der Waals surface area contributed by atoms with Crippen LogP contribution in [0.4, 0.5) is 5.69 Å². The third-order valence-electron chi connectivity index (χ3n) is 5.83. The van der Waals surface area contributed by atoms with E-state index in [1.165, 1.54) is 11.3 Å². The molecule has 7 heteroatoms. The summed E-state index contributed by atoms with van der Waals surface area (Å²) in [5.41, 5.74) is 5.45. The van der Waals surface area contributed by atoms with Crippen molar-refractivity contribution >= 4 is 11.7 Å². The van der Waals surface area contributed by atoms with Crippen molar-refractivity contribution in [2.75, 3.05) is 25.2 Å². The molecular weight excluding hydrogens is 404 g/mol. The maximum Gasteiger partial charge on any atom is 0.361 e. The summed E-state index contributed by atoms with van der Waals surface area (Å²) in [6.45, 7) is 8.07. The Morgan fingerprint density at radius 3 is 2.62 bits per heavy atom. The fourth-order valence-electron chi connectivity index (χ4n) is 4.26. The molecule has 3 aromatic rings. The van der Waals surface area contributed by atoms with E-state index in [4.69, 9.17) is 9.47 Å². The van der Waals surface area contributed by atoms with Crippen LogP contribution in [0.1, 0.15) is 48.8 Å². The van der Waals surface area contributed by atoms with Crippen molar-refractivity contribution < 1.29 is 14.3 Å². The highest BCUT2D eigenvalue weighted by molar-refractivity contribution is 5.94. The van der Waals surface area contributed by atoms with E-state index in [1.54, 1.807) is 18.7 Å². The Labute approximate surface area is 188 Å². The first-order valence-corrected chi connectivity index (χ1v) is 11.1. The molecular formula is C25H30N4O3. The Morgan fingerprint density at radius 2 is 1.94 bits per heavy atom. The van der Waals surface area contributed by atoms with Gasteiger partial charge in [-0.25, -0.2) is 9.48 Å². The second-order valence-electron chi connectivity index (χ2n) is 8.25. The number of carbonyl (C=O) groups is 1. The van der Waals surface area contributed by atoms with E-state index in [0.29, 0.717) is 18.3 Å². The highest BCUT2D eigenvalue weighted by Gasteiger charge is 2.25. The molecule has 0 aliphatic carbocycles. The number of hydrogen-bond acceptors (Lipinski definition) is 6. The highest BCUT2D eigenvalue weighted by atomic mass is 16.5. The Bertz CT molecular complexity index is 1090. The number of anilines is 1. The van der Waals surface area contributed by atoms with Crippen molar-refractivity contribution in [1.29, 1.82) is 0 Å². The topological polar surface area (TPSA) is 69.5 Å². The van der Waals surface area contributed by atoms with Gasteiger partial charge in [0.05, 0.1) is 20.3 Å². The molecule has 2 aromatic carbocycles. The number of aromatic nitrogens is 3. The lowest BCUT2D eigenvalue weighted by Crippen LogP contribution is -2.35. The highest BCUT2D eigenvalue weighted by Crippen LogP contribution is 2.34. The quantitative estimate of drug-likeness (QED) is 0.515. The van der Waals surface area contributed by atoms with Gasteiger partial charge in [-0.05, 0) is 69.0 Å². The van der Waals surface area contributed by atoms with Crippen LogP contribution < -0.4 is 9.64 Å². The SMILES string of the molecule is CCOC(=O)c1nnn(Cc2ccc(OC)cc2)c1-c1ccc2c(c1)CCCN2C(C)C. The molecule has 1 aliphatic rings. The Kier molecular flexibility index (Phi) is 6.44. The average Bonchev–Trinajstić information content (AvgIpc) is 3.22. The van der Waals surface area contributed by atoms with Crippen LogP contribution in [0, 0.1) is 0 Å². The smallest absolute Gasteiger partial charge is 0.361 e.